The quantitative estimate of drug-likeness (QED) is 0.790. The van der Waals surface area contributed by atoms with Crippen molar-refractivity contribution in [3.05, 3.63) is 65.5 Å². The van der Waals surface area contributed by atoms with Crippen LogP contribution in [-0.4, -0.2) is 30.6 Å². The first-order valence-electron chi connectivity index (χ1n) is 9.61. The highest BCUT2D eigenvalue weighted by atomic mass is 19.1. The number of carbonyl (C=O) groups excluding carboxylic acids is 1. The highest BCUT2D eigenvalue weighted by Crippen LogP contribution is 2.23. The van der Waals surface area contributed by atoms with Crippen LogP contribution in [0.5, 0.6) is 0 Å². The maximum absolute atomic E-state index is 13.3. The molecule has 2 aromatic rings. The first-order chi connectivity index (χ1) is 13.2. The van der Waals surface area contributed by atoms with Gasteiger partial charge in [-0.05, 0) is 55.9 Å². The molecule has 0 aromatic heterocycles. The van der Waals surface area contributed by atoms with Crippen LogP contribution in [0.2, 0.25) is 0 Å². The molecule has 1 aliphatic rings. The normalized spacial score (nSPS) is 15.0. The summed E-state index contributed by atoms with van der Waals surface area (Å²) in [5, 5.41) is 3.02. The molecule has 0 atom stereocenters. The molecule has 0 bridgehead atoms. The predicted molar refractivity (Wildman–Crippen MR) is 105 cm³/mol. The third-order valence-electron chi connectivity index (χ3n) is 5.04. The van der Waals surface area contributed by atoms with Crippen LogP contribution in [0.25, 0.3) is 0 Å². The fourth-order valence-corrected chi connectivity index (χ4v) is 3.51. The van der Waals surface area contributed by atoms with E-state index in [0.717, 1.165) is 49.2 Å². The number of ether oxygens (including phenoxy) is 1. The van der Waals surface area contributed by atoms with Crippen molar-refractivity contribution in [3.63, 3.8) is 0 Å². The van der Waals surface area contributed by atoms with Gasteiger partial charge in [0.1, 0.15) is 5.82 Å². The number of carbonyl (C=O) groups is 1. The molecule has 27 heavy (non-hydrogen) atoms. The van der Waals surface area contributed by atoms with Crippen LogP contribution in [0.1, 0.15) is 30.9 Å². The number of hydrogen-bond donors (Lipinski definition) is 1. The summed E-state index contributed by atoms with van der Waals surface area (Å²) < 4.78 is 18.8. The summed E-state index contributed by atoms with van der Waals surface area (Å²) in [6.07, 6.45) is 2.74. The van der Waals surface area contributed by atoms with E-state index in [0.29, 0.717) is 19.1 Å². The van der Waals surface area contributed by atoms with Crippen LogP contribution < -0.4 is 5.32 Å². The molecule has 0 saturated carbocycles. The highest BCUT2D eigenvalue weighted by molar-refractivity contribution is 5.90. The van der Waals surface area contributed by atoms with Crippen LogP contribution in [0.15, 0.2) is 48.5 Å². The Hall–Kier alpha value is -2.40. The molecule has 0 unspecified atom stereocenters. The lowest BCUT2D eigenvalue weighted by Crippen LogP contribution is -2.41. The third kappa shape index (κ3) is 5.54. The van der Waals surface area contributed by atoms with E-state index in [9.17, 15) is 9.18 Å². The smallest absolute Gasteiger partial charge is 0.321 e. The summed E-state index contributed by atoms with van der Waals surface area (Å²) in [5.74, 6) is 0.302. The van der Waals surface area contributed by atoms with E-state index < -0.39 is 0 Å². The molecule has 3 rings (SSSR count). The molecule has 0 radical (unpaired) electrons. The Morgan fingerprint density at radius 3 is 2.70 bits per heavy atom. The van der Waals surface area contributed by atoms with Crippen LogP contribution in [0.4, 0.5) is 14.9 Å². The van der Waals surface area contributed by atoms with Gasteiger partial charge in [-0.3, -0.25) is 0 Å². The molecule has 2 amide bonds. The van der Waals surface area contributed by atoms with E-state index in [1.807, 2.05) is 42.2 Å². The van der Waals surface area contributed by atoms with Crippen molar-refractivity contribution in [1.29, 1.82) is 0 Å². The van der Waals surface area contributed by atoms with E-state index >= 15 is 0 Å². The zero-order valence-electron chi connectivity index (χ0n) is 15.8. The minimum Gasteiger partial charge on any atom is -0.377 e. The van der Waals surface area contributed by atoms with Crippen LogP contribution in [0, 0.1) is 11.7 Å². The molecule has 2 aromatic carbocycles. The number of urea groups is 1. The van der Waals surface area contributed by atoms with Crippen molar-refractivity contribution in [3.8, 4) is 0 Å². The molecular formula is C22H27FN2O2. The summed E-state index contributed by atoms with van der Waals surface area (Å²) in [6.45, 7) is 4.53. The zero-order valence-corrected chi connectivity index (χ0v) is 15.8. The Morgan fingerprint density at radius 2 is 1.96 bits per heavy atom. The van der Waals surface area contributed by atoms with Gasteiger partial charge in [0.25, 0.3) is 0 Å². The second-order valence-corrected chi connectivity index (χ2v) is 6.99. The topological polar surface area (TPSA) is 41.6 Å². The number of anilines is 1. The summed E-state index contributed by atoms with van der Waals surface area (Å²) in [7, 11) is 0. The molecule has 5 heteroatoms. The van der Waals surface area contributed by atoms with Gasteiger partial charge in [0.2, 0.25) is 0 Å². The number of likely N-dealkylation sites (tertiary alicyclic amines) is 1. The molecule has 1 fully saturated rings. The van der Waals surface area contributed by atoms with Crippen molar-refractivity contribution in [2.45, 2.75) is 32.8 Å². The van der Waals surface area contributed by atoms with Gasteiger partial charge in [0.05, 0.1) is 6.61 Å². The van der Waals surface area contributed by atoms with E-state index in [1.54, 1.807) is 12.1 Å². The van der Waals surface area contributed by atoms with Crippen LogP contribution in [-0.2, 0) is 17.8 Å². The summed E-state index contributed by atoms with van der Waals surface area (Å²) in [5.41, 5.74) is 2.81. The van der Waals surface area contributed by atoms with E-state index in [-0.39, 0.29) is 11.8 Å². The number of piperidine rings is 1. The van der Waals surface area contributed by atoms with Crippen LogP contribution >= 0.6 is 0 Å². The first kappa shape index (κ1) is 19.4. The fraction of sp³-hybridized carbons (Fsp3) is 0.409. The summed E-state index contributed by atoms with van der Waals surface area (Å²) in [6, 6.07) is 14.5. The number of hydrogen-bond acceptors (Lipinski definition) is 2. The number of nitrogens with one attached hydrogen (secondary N) is 1. The average molecular weight is 370 g/mol. The second-order valence-electron chi connectivity index (χ2n) is 6.99. The van der Waals surface area contributed by atoms with Gasteiger partial charge in [-0.15, -0.1) is 0 Å². The minimum atomic E-state index is -0.185. The molecule has 144 valence electrons. The Kier molecular flexibility index (Phi) is 6.82. The van der Waals surface area contributed by atoms with Crippen molar-refractivity contribution >= 4 is 11.7 Å². The summed E-state index contributed by atoms with van der Waals surface area (Å²) in [4.78, 5) is 14.5. The maximum atomic E-state index is 13.3. The van der Waals surface area contributed by atoms with Gasteiger partial charge < -0.3 is 15.0 Å². The first-order valence-corrected chi connectivity index (χ1v) is 9.61. The number of amides is 2. The summed E-state index contributed by atoms with van der Waals surface area (Å²) >= 11 is 0. The van der Waals surface area contributed by atoms with E-state index in [1.165, 1.54) is 6.07 Å². The van der Waals surface area contributed by atoms with Gasteiger partial charge in [0, 0.05) is 30.9 Å². The Bertz CT molecular complexity index is 757. The highest BCUT2D eigenvalue weighted by Gasteiger charge is 2.23. The second kappa shape index (κ2) is 9.51. The molecule has 0 spiro atoms. The number of rotatable bonds is 6. The Balaban J connectivity index is 1.51. The Morgan fingerprint density at radius 1 is 1.19 bits per heavy atom. The molecule has 1 heterocycles. The van der Waals surface area contributed by atoms with Crippen molar-refractivity contribution in [1.82, 2.24) is 4.90 Å². The van der Waals surface area contributed by atoms with Gasteiger partial charge in [-0.2, -0.15) is 0 Å². The number of nitrogens with zero attached hydrogens (tertiary/aromatic N) is 1. The van der Waals surface area contributed by atoms with Crippen molar-refractivity contribution in [2.24, 2.45) is 5.92 Å². The SMILES string of the molecule is CCOCc1ccccc1NC(=O)N1CCC(Cc2cccc(F)c2)CC1. The van der Waals surface area contributed by atoms with Crippen molar-refractivity contribution < 1.29 is 13.9 Å². The number of benzene rings is 2. The van der Waals surface area contributed by atoms with Gasteiger partial charge in [-0.1, -0.05) is 30.3 Å². The lowest BCUT2D eigenvalue weighted by molar-refractivity contribution is 0.134. The Labute approximate surface area is 160 Å². The number of halogens is 1. The predicted octanol–water partition coefficient (Wildman–Crippen LogP) is 4.85. The van der Waals surface area contributed by atoms with Gasteiger partial charge in [-0.25, -0.2) is 9.18 Å². The molecule has 1 saturated heterocycles. The molecule has 4 nitrogen and oxygen atoms in total. The monoisotopic (exact) mass is 370 g/mol. The molecule has 1 aliphatic heterocycles. The third-order valence-corrected chi connectivity index (χ3v) is 5.04. The maximum Gasteiger partial charge on any atom is 0.321 e. The average Bonchev–Trinajstić information content (AvgIpc) is 2.68. The van der Waals surface area contributed by atoms with E-state index in [2.05, 4.69) is 5.32 Å². The van der Waals surface area contributed by atoms with Crippen molar-refractivity contribution in [2.75, 3.05) is 25.0 Å². The fourth-order valence-electron chi connectivity index (χ4n) is 3.51. The van der Waals surface area contributed by atoms with Crippen LogP contribution in [0.3, 0.4) is 0 Å². The number of para-hydroxylation sites is 1. The lowest BCUT2D eigenvalue weighted by atomic mass is 9.90. The largest absolute Gasteiger partial charge is 0.377 e. The standard InChI is InChI=1S/C22H27FN2O2/c1-2-27-16-19-7-3-4-9-21(19)24-22(26)25-12-10-17(11-13-25)14-18-6-5-8-20(23)15-18/h3-9,15,17H,2,10-14,16H2,1H3,(H,24,26). The lowest BCUT2D eigenvalue weighted by Gasteiger charge is -2.32. The van der Waals surface area contributed by atoms with Gasteiger partial charge in [0.15, 0.2) is 0 Å². The van der Waals surface area contributed by atoms with E-state index in [4.69, 9.17) is 4.74 Å². The molecular weight excluding hydrogens is 343 g/mol. The minimum absolute atomic E-state index is 0.0665. The molecule has 1 N–H and O–H groups in total. The van der Waals surface area contributed by atoms with Gasteiger partial charge >= 0.3 is 6.03 Å². The molecule has 0 aliphatic carbocycles. The zero-order chi connectivity index (χ0) is 19.1.